The van der Waals surface area contributed by atoms with Gasteiger partial charge < -0.3 is 5.11 Å². The third-order valence-corrected chi connectivity index (χ3v) is 4.27. The number of carboxylic acid groups (broad SMARTS) is 1. The molecule has 0 aliphatic rings. The van der Waals surface area contributed by atoms with Crippen LogP contribution in [0.1, 0.15) is 21.6 Å². The molecule has 20 heavy (non-hydrogen) atoms. The number of hydrogen-bond donors (Lipinski definition) is 3. The molecule has 0 amide bonds. The van der Waals surface area contributed by atoms with Gasteiger partial charge in [0.2, 0.25) is 0 Å². The van der Waals surface area contributed by atoms with Gasteiger partial charge in [0.05, 0.1) is 12.4 Å². The van der Waals surface area contributed by atoms with E-state index in [1.807, 2.05) is 0 Å². The molecule has 2 rings (SSSR count). The van der Waals surface area contributed by atoms with Crippen LogP contribution in [-0.2, 0) is 23.6 Å². The van der Waals surface area contributed by atoms with Crippen LogP contribution in [0.3, 0.4) is 0 Å². The van der Waals surface area contributed by atoms with Crippen molar-refractivity contribution in [3.63, 3.8) is 0 Å². The predicted molar refractivity (Wildman–Crippen MR) is 67.5 cm³/mol. The molecule has 0 aromatic carbocycles. The zero-order valence-electron chi connectivity index (χ0n) is 10.8. The minimum Gasteiger partial charge on any atom is -0.478 e. The molecule has 2 aromatic rings. The number of hydrogen-bond acceptors (Lipinski definition) is 5. The van der Waals surface area contributed by atoms with E-state index in [1.165, 1.54) is 0 Å². The lowest BCUT2D eigenvalue weighted by Gasteiger charge is -2.05. The van der Waals surface area contributed by atoms with Crippen molar-refractivity contribution < 1.29 is 18.3 Å². The maximum Gasteiger partial charge on any atom is 0.340 e. The van der Waals surface area contributed by atoms with Gasteiger partial charge in [0, 0.05) is 24.8 Å². The van der Waals surface area contributed by atoms with E-state index in [0.29, 0.717) is 5.56 Å². The second-order valence-corrected chi connectivity index (χ2v) is 5.83. The van der Waals surface area contributed by atoms with E-state index in [4.69, 9.17) is 5.11 Å². The van der Waals surface area contributed by atoms with Gasteiger partial charge in [0.25, 0.3) is 10.0 Å². The number of nitrogens with one attached hydrogen (secondary N) is 2. The van der Waals surface area contributed by atoms with Crippen molar-refractivity contribution >= 4 is 16.0 Å². The van der Waals surface area contributed by atoms with Crippen LogP contribution in [0.5, 0.6) is 0 Å². The van der Waals surface area contributed by atoms with Crippen LogP contribution in [0, 0.1) is 6.92 Å². The maximum atomic E-state index is 12.0. The number of aromatic carboxylic acids is 1. The van der Waals surface area contributed by atoms with Crippen molar-refractivity contribution in [2.45, 2.75) is 18.5 Å². The topological polar surface area (TPSA) is 130 Å². The first-order valence-electron chi connectivity index (χ1n) is 5.56. The first-order valence-corrected chi connectivity index (χ1v) is 7.05. The van der Waals surface area contributed by atoms with E-state index in [0.717, 1.165) is 11.9 Å². The van der Waals surface area contributed by atoms with Gasteiger partial charge in [-0.05, 0) is 6.92 Å². The zero-order chi connectivity index (χ0) is 14.9. The Hall–Kier alpha value is -2.20. The van der Waals surface area contributed by atoms with Crippen LogP contribution in [0.15, 0.2) is 17.4 Å². The Morgan fingerprint density at radius 2 is 2.20 bits per heavy atom. The van der Waals surface area contributed by atoms with Crippen LogP contribution in [0.2, 0.25) is 0 Å². The lowest BCUT2D eigenvalue weighted by atomic mass is 10.3. The number of aromatic nitrogens is 4. The predicted octanol–water partition coefficient (Wildman–Crippen LogP) is -0.372. The molecule has 10 heteroatoms. The number of nitrogens with zero attached hydrogens (tertiary/aromatic N) is 3. The molecular weight excluding hydrogens is 286 g/mol. The Morgan fingerprint density at radius 1 is 1.50 bits per heavy atom. The van der Waals surface area contributed by atoms with Crippen LogP contribution in [0.25, 0.3) is 0 Å². The van der Waals surface area contributed by atoms with Gasteiger partial charge in [-0.2, -0.15) is 10.2 Å². The molecule has 0 aliphatic heterocycles. The number of H-pyrrole nitrogens is 1. The van der Waals surface area contributed by atoms with E-state index >= 15 is 0 Å². The monoisotopic (exact) mass is 299 g/mol. The molecule has 108 valence electrons. The molecule has 0 saturated carbocycles. The minimum absolute atomic E-state index is 0.0140. The molecular formula is C10H13N5O4S. The summed E-state index contributed by atoms with van der Waals surface area (Å²) in [5.41, 5.74) is 1.11. The van der Waals surface area contributed by atoms with Gasteiger partial charge in [-0.25, -0.2) is 17.9 Å². The summed E-state index contributed by atoms with van der Waals surface area (Å²) in [6.45, 7) is 1.82. The van der Waals surface area contributed by atoms with Crippen LogP contribution < -0.4 is 4.72 Å². The fraction of sp³-hybridized carbons (Fsp3) is 0.300. The summed E-state index contributed by atoms with van der Waals surface area (Å²) in [7, 11) is -2.24. The molecule has 0 radical (unpaired) electrons. The first-order chi connectivity index (χ1) is 9.33. The van der Waals surface area contributed by atoms with Crippen molar-refractivity contribution in [1.82, 2.24) is 24.7 Å². The summed E-state index contributed by atoms with van der Waals surface area (Å²) in [6.07, 6.45) is 2.50. The summed E-state index contributed by atoms with van der Waals surface area (Å²) < 4.78 is 28.0. The second-order valence-electron chi connectivity index (χ2n) is 4.12. The molecule has 0 unspecified atom stereocenters. The highest BCUT2D eigenvalue weighted by Gasteiger charge is 2.24. The molecule has 0 spiro atoms. The molecule has 0 bridgehead atoms. The van der Waals surface area contributed by atoms with Crippen molar-refractivity contribution in [2.24, 2.45) is 7.05 Å². The Bertz CT molecular complexity index is 746. The lowest BCUT2D eigenvalue weighted by Crippen LogP contribution is -2.25. The Labute approximate surface area is 114 Å². The van der Waals surface area contributed by atoms with E-state index in [-0.39, 0.29) is 6.54 Å². The number of carboxylic acids is 1. The standard InChI is InChI=1S/C10H13N5O4S/c1-6-7(3-12-15(6)2)4-13-20(18,19)9-8(10(16)17)5-11-14-9/h3,5,13H,4H2,1-2H3,(H,11,14)(H,16,17). The minimum atomic E-state index is -3.98. The lowest BCUT2D eigenvalue weighted by molar-refractivity contribution is 0.0692. The van der Waals surface area contributed by atoms with Gasteiger partial charge in [-0.3, -0.25) is 9.78 Å². The molecule has 9 nitrogen and oxygen atoms in total. The number of carbonyl (C=O) groups is 1. The number of rotatable bonds is 5. The highest BCUT2D eigenvalue weighted by Crippen LogP contribution is 2.13. The molecule has 3 N–H and O–H groups in total. The van der Waals surface area contributed by atoms with Gasteiger partial charge in [0.1, 0.15) is 5.56 Å². The molecule has 2 aromatic heterocycles. The van der Waals surface area contributed by atoms with E-state index in [9.17, 15) is 13.2 Å². The molecule has 2 heterocycles. The molecule has 0 aliphatic carbocycles. The maximum absolute atomic E-state index is 12.0. The quantitative estimate of drug-likeness (QED) is 0.690. The largest absolute Gasteiger partial charge is 0.478 e. The Kier molecular flexibility index (Phi) is 3.59. The summed E-state index contributed by atoms with van der Waals surface area (Å²) >= 11 is 0. The van der Waals surface area contributed by atoms with Crippen LogP contribution in [0.4, 0.5) is 0 Å². The van der Waals surface area contributed by atoms with Crippen molar-refractivity contribution in [3.8, 4) is 0 Å². The zero-order valence-corrected chi connectivity index (χ0v) is 11.6. The third kappa shape index (κ3) is 2.56. The van der Waals surface area contributed by atoms with Crippen LogP contribution >= 0.6 is 0 Å². The van der Waals surface area contributed by atoms with Crippen molar-refractivity contribution in [1.29, 1.82) is 0 Å². The number of aryl methyl sites for hydroxylation is 1. The van der Waals surface area contributed by atoms with Gasteiger partial charge in [0.15, 0.2) is 5.03 Å². The fourth-order valence-corrected chi connectivity index (χ4v) is 2.69. The van der Waals surface area contributed by atoms with Crippen molar-refractivity contribution in [3.05, 3.63) is 29.2 Å². The summed E-state index contributed by atoms with van der Waals surface area (Å²) in [4.78, 5) is 10.9. The highest BCUT2D eigenvalue weighted by atomic mass is 32.2. The van der Waals surface area contributed by atoms with E-state index in [2.05, 4.69) is 20.0 Å². The van der Waals surface area contributed by atoms with Gasteiger partial charge in [-0.1, -0.05) is 0 Å². The van der Waals surface area contributed by atoms with E-state index in [1.54, 1.807) is 24.9 Å². The average molecular weight is 299 g/mol. The van der Waals surface area contributed by atoms with Crippen molar-refractivity contribution in [2.75, 3.05) is 0 Å². The van der Waals surface area contributed by atoms with Gasteiger partial charge >= 0.3 is 5.97 Å². The summed E-state index contributed by atoms with van der Waals surface area (Å²) in [6, 6.07) is 0. The first kappa shape index (κ1) is 14.2. The fourth-order valence-electron chi connectivity index (χ4n) is 1.59. The molecule has 0 atom stereocenters. The molecule has 0 fully saturated rings. The second kappa shape index (κ2) is 5.06. The highest BCUT2D eigenvalue weighted by molar-refractivity contribution is 7.89. The normalized spacial score (nSPS) is 11.7. The third-order valence-electron chi connectivity index (χ3n) is 2.89. The molecule has 0 saturated heterocycles. The smallest absolute Gasteiger partial charge is 0.340 e. The van der Waals surface area contributed by atoms with E-state index < -0.39 is 26.6 Å². The Balaban J connectivity index is 2.22. The van der Waals surface area contributed by atoms with Crippen LogP contribution in [-0.4, -0.2) is 39.5 Å². The summed E-state index contributed by atoms with van der Waals surface area (Å²) in [5.74, 6) is -1.36. The number of sulfonamides is 1. The summed E-state index contributed by atoms with van der Waals surface area (Å²) in [5, 5.41) is 18.0. The number of aromatic amines is 1. The van der Waals surface area contributed by atoms with Gasteiger partial charge in [-0.15, -0.1) is 0 Å². The average Bonchev–Trinajstić information content (AvgIpc) is 2.97. The SMILES string of the molecule is Cc1c(CNS(=O)(=O)c2[nH]ncc2C(=O)O)cnn1C. The Morgan fingerprint density at radius 3 is 2.75 bits per heavy atom.